The van der Waals surface area contributed by atoms with Crippen LogP contribution < -0.4 is 5.32 Å². The number of esters is 1. The molecule has 0 spiro atoms. The summed E-state index contributed by atoms with van der Waals surface area (Å²) >= 11 is 1.51. The Morgan fingerprint density at radius 1 is 1.43 bits per heavy atom. The molecule has 1 fully saturated rings. The molecular formula is C13H16N2O5S. The van der Waals surface area contributed by atoms with E-state index in [1.807, 2.05) is 0 Å². The molecule has 3 heterocycles. The third kappa shape index (κ3) is 2.37. The lowest BCUT2D eigenvalue weighted by atomic mass is 10.0. The van der Waals surface area contributed by atoms with Crippen molar-refractivity contribution in [3.8, 4) is 0 Å². The predicted molar refractivity (Wildman–Crippen MR) is 74.2 cm³/mol. The quantitative estimate of drug-likeness (QED) is 0.564. The topological polar surface area (TPSA) is 84.9 Å². The molecule has 1 N–H and O–H groups in total. The fourth-order valence-electron chi connectivity index (χ4n) is 2.44. The van der Waals surface area contributed by atoms with E-state index >= 15 is 0 Å². The largest absolute Gasteiger partial charge is 0.456 e. The van der Waals surface area contributed by atoms with Crippen LogP contribution in [0.15, 0.2) is 11.3 Å². The lowest BCUT2D eigenvalue weighted by Gasteiger charge is -2.48. The lowest BCUT2D eigenvalue weighted by Crippen LogP contribution is -2.70. The van der Waals surface area contributed by atoms with Crippen LogP contribution in [-0.4, -0.2) is 52.2 Å². The highest BCUT2D eigenvalue weighted by Gasteiger charge is 2.55. The molecule has 3 aliphatic rings. The molecule has 3 rings (SSSR count). The summed E-state index contributed by atoms with van der Waals surface area (Å²) in [6, 6.07) is -0.660. The number of β-lactam (4-membered cyclic amide) rings is 1. The number of rotatable bonds is 1. The minimum atomic E-state index is -0.660. The van der Waals surface area contributed by atoms with Crippen molar-refractivity contribution in [1.82, 2.24) is 10.2 Å². The summed E-state index contributed by atoms with van der Waals surface area (Å²) in [6.07, 6.45) is -0.630. The Morgan fingerprint density at radius 2 is 2.14 bits per heavy atom. The van der Waals surface area contributed by atoms with Gasteiger partial charge in [-0.25, -0.2) is 9.59 Å². The van der Waals surface area contributed by atoms with Crippen molar-refractivity contribution in [1.29, 1.82) is 0 Å². The molecule has 114 valence electrons. The van der Waals surface area contributed by atoms with Crippen molar-refractivity contribution in [2.75, 3.05) is 12.4 Å². The van der Waals surface area contributed by atoms with Crippen molar-refractivity contribution in [2.24, 2.45) is 0 Å². The summed E-state index contributed by atoms with van der Waals surface area (Å²) in [4.78, 5) is 37.0. The van der Waals surface area contributed by atoms with E-state index in [1.54, 1.807) is 20.8 Å². The number of alkyl carbamates (subject to hydrolysis) is 1. The van der Waals surface area contributed by atoms with Gasteiger partial charge in [0.1, 0.15) is 29.3 Å². The van der Waals surface area contributed by atoms with E-state index in [9.17, 15) is 14.4 Å². The first kappa shape index (κ1) is 14.2. The van der Waals surface area contributed by atoms with Crippen LogP contribution in [0.4, 0.5) is 4.79 Å². The summed E-state index contributed by atoms with van der Waals surface area (Å²) in [5, 5.41) is 2.30. The molecule has 0 aromatic heterocycles. The Kier molecular flexibility index (Phi) is 3.16. The number of amides is 2. The Hall–Kier alpha value is -1.70. The van der Waals surface area contributed by atoms with Gasteiger partial charge in [-0.1, -0.05) is 0 Å². The Morgan fingerprint density at radius 3 is 2.81 bits per heavy atom. The SMILES string of the molecule is CC(C)(C)OC(=O)N[C@@H]1C(=O)N2C3=C(COC3=O)CS[C@H]12. The minimum Gasteiger partial charge on any atom is -0.456 e. The average molecular weight is 312 g/mol. The maximum atomic E-state index is 12.2. The number of thioether (sulfide) groups is 1. The first-order valence-corrected chi connectivity index (χ1v) is 7.66. The molecule has 0 aromatic rings. The van der Waals surface area contributed by atoms with E-state index in [4.69, 9.17) is 9.47 Å². The zero-order chi connectivity index (χ0) is 15.4. The van der Waals surface area contributed by atoms with Gasteiger partial charge >= 0.3 is 12.1 Å². The predicted octanol–water partition coefficient (Wildman–Crippen LogP) is 0.606. The molecule has 0 saturated carbocycles. The molecule has 1 saturated heterocycles. The van der Waals surface area contributed by atoms with Crippen LogP contribution in [0, 0.1) is 0 Å². The van der Waals surface area contributed by atoms with E-state index in [-0.39, 0.29) is 17.9 Å². The minimum absolute atomic E-state index is 0.252. The molecule has 0 unspecified atom stereocenters. The maximum Gasteiger partial charge on any atom is 0.408 e. The summed E-state index contributed by atoms with van der Waals surface area (Å²) in [5.41, 5.74) is 0.567. The fraction of sp³-hybridized carbons (Fsp3) is 0.615. The molecule has 2 atom stereocenters. The van der Waals surface area contributed by atoms with Gasteiger partial charge in [0.15, 0.2) is 0 Å². The zero-order valence-electron chi connectivity index (χ0n) is 12.0. The molecule has 3 aliphatic heterocycles. The zero-order valence-corrected chi connectivity index (χ0v) is 12.8. The molecule has 0 aliphatic carbocycles. The number of carbonyl (C=O) groups is 3. The number of fused-ring (bicyclic) bond motifs is 2. The van der Waals surface area contributed by atoms with Crippen molar-refractivity contribution < 1.29 is 23.9 Å². The second kappa shape index (κ2) is 4.66. The lowest BCUT2D eigenvalue weighted by molar-refractivity contribution is -0.149. The van der Waals surface area contributed by atoms with Crippen LogP contribution >= 0.6 is 11.8 Å². The van der Waals surface area contributed by atoms with Gasteiger partial charge in [0.2, 0.25) is 0 Å². The van der Waals surface area contributed by atoms with Gasteiger partial charge in [0.05, 0.1) is 0 Å². The molecule has 0 radical (unpaired) electrons. The van der Waals surface area contributed by atoms with Crippen molar-refractivity contribution in [2.45, 2.75) is 37.8 Å². The van der Waals surface area contributed by atoms with E-state index in [2.05, 4.69) is 5.32 Å². The number of cyclic esters (lactones) is 1. The maximum absolute atomic E-state index is 12.2. The monoisotopic (exact) mass is 312 g/mol. The molecule has 7 nitrogen and oxygen atoms in total. The van der Waals surface area contributed by atoms with Gasteiger partial charge in [0.25, 0.3) is 5.91 Å². The first-order valence-electron chi connectivity index (χ1n) is 6.61. The normalized spacial score (nSPS) is 27.7. The molecule has 0 aromatic carbocycles. The van der Waals surface area contributed by atoms with Crippen LogP contribution in [0.2, 0.25) is 0 Å². The summed E-state index contributed by atoms with van der Waals surface area (Å²) in [7, 11) is 0. The van der Waals surface area contributed by atoms with Crippen LogP contribution in [0.3, 0.4) is 0 Å². The van der Waals surface area contributed by atoms with Crippen LogP contribution in [0.25, 0.3) is 0 Å². The van der Waals surface area contributed by atoms with Gasteiger partial charge < -0.3 is 14.8 Å². The first-order chi connectivity index (χ1) is 9.78. The smallest absolute Gasteiger partial charge is 0.408 e. The standard InChI is InChI=1S/C13H16N2O5S/c1-13(2,3)20-12(18)14-7-9(16)15-8-6(4-19-11(8)17)5-21-10(7)15/h7,10H,4-5H2,1-3H3,(H,14,18)/t7-,10-/m1/s1. The van der Waals surface area contributed by atoms with Crippen LogP contribution in [-0.2, 0) is 19.1 Å². The van der Waals surface area contributed by atoms with Gasteiger partial charge in [0, 0.05) is 11.3 Å². The average Bonchev–Trinajstić information content (AvgIpc) is 2.74. The van der Waals surface area contributed by atoms with Crippen molar-refractivity contribution in [3.63, 3.8) is 0 Å². The highest BCUT2D eigenvalue weighted by Crippen LogP contribution is 2.42. The van der Waals surface area contributed by atoms with Crippen molar-refractivity contribution >= 4 is 29.7 Å². The number of nitrogens with zero attached hydrogens (tertiary/aromatic N) is 1. The molecule has 21 heavy (non-hydrogen) atoms. The second-order valence-electron chi connectivity index (χ2n) is 6.06. The third-order valence-electron chi connectivity index (χ3n) is 3.29. The number of carbonyl (C=O) groups excluding carboxylic acids is 3. The summed E-state index contributed by atoms with van der Waals surface area (Å²) in [5.74, 6) is -0.133. The van der Waals surface area contributed by atoms with Gasteiger partial charge in [-0.05, 0) is 20.8 Å². The third-order valence-corrected chi connectivity index (χ3v) is 4.63. The fourth-order valence-corrected chi connectivity index (χ4v) is 3.77. The molecular weight excluding hydrogens is 296 g/mol. The molecule has 0 bridgehead atoms. The Balaban J connectivity index is 1.69. The molecule has 8 heteroatoms. The number of hydrogen-bond donors (Lipinski definition) is 1. The number of nitrogens with one attached hydrogen (secondary N) is 1. The highest BCUT2D eigenvalue weighted by atomic mass is 32.2. The van der Waals surface area contributed by atoms with E-state index < -0.39 is 23.7 Å². The number of ether oxygens (including phenoxy) is 2. The van der Waals surface area contributed by atoms with Crippen LogP contribution in [0.1, 0.15) is 20.8 Å². The van der Waals surface area contributed by atoms with Gasteiger partial charge in [-0.15, -0.1) is 11.8 Å². The van der Waals surface area contributed by atoms with E-state index in [0.717, 1.165) is 5.57 Å². The Bertz CT molecular complexity index is 565. The van der Waals surface area contributed by atoms with Gasteiger partial charge in [-0.2, -0.15) is 0 Å². The van der Waals surface area contributed by atoms with Crippen LogP contribution in [0.5, 0.6) is 0 Å². The van der Waals surface area contributed by atoms with E-state index in [1.165, 1.54) is 16.7 Å². The van der Waals surface area contributed by atoms with Gasteiger partial charge in [-0.3, -0.25) is 9.69 Å². The summed E-state index contributed by atoms with van der Waals surface area (Å²) in [6.45, 7) is 5.51. The number of hydrogen-bond acceptors (Lipinski definition) is 6. The van der Waals surface area contributed by atoms with Crippen molar-refractivity contribution in [3.05, 3.63) is 11.3 Å². The highest BCUT2D eigenvalue weighted by molar-refractivity contribution is 8.00. The molecule has 2 amide bonds. The Labute approximate surface area is 126 Å². The summed E-state index contributed by atoms with van der Waals surface area (Å²) < 4.78 is 10.1. The van der Waals surface area contributed by atoms with E-state index in [0.29, 0.717) is 11.4 Å². The second-order valence-corrected chi connectivity index (χ2v) is 7.17.